The van der Waals surface area contributed by atoms with E-state index in [4.69, 9.17) is 11.5 Å². The molecule has 0 saturated heterocycles. The van der Waals surface area contributed by atoms with Gasteiger partial charge in [-0.05, 0) is 19.4 Å². The summed E-state index contributed by atoms with van der Waals surface area (Å²) in [4.78, 5) is 32.3. The third-order valence-electron chi connectivity index (χ3n) is 2.09. The van der Waals surface area contributed by atoms with Crippen LogP contribution in [0.4, 0.5) is 0 Å². The number of hydrogen-bond acceptors (Lipinski definition) is 5. The van der Waals surface area contributed by atoms with Crippen molar-refractivity contribution in [1.82, 2.24) is 10.6 Å². The first-order valence-electron chi connectivity index (χ1n) is 5.47. The van der Waals surface area contributed by atoms with Gasteiger partial charge in [-0.25, -0.2) is 0 Å². The van der Waals surface area contributed by atoms with Gasteiger partial charge in [-0.15, -0.1) is 0 Å². The Hall–Kier alpha value is -1.47. The fourth-order valence-corrected chi connectivity index (χ4v) is 1.14. The maximum absolute atomic E-state index is 11.4. The molecule has 0 fully saturated rings. The van der Waals surface area contributed by atoms with Crippen LogP contribution in [0.5, 0.6) is 0 Å². The molecule has 0 aliphatic carbocycles. The number of nitrogens with one attached hydrogen (secondary N) is 2. The van der Waals surface area contributed by atoms with Crippen molar-refractivity contribution < 1.29 is 14.4 Å². The van der Waals surface area contributed by atoms with E-state index >= 15 is 0 Å². The lowest BCUT2D eigenvalue weighted by atomic mass is 10.1. The van der Waals surface area contributed by atoms with Gasteiger partial charge in [0, 0.05) is 0 Å². The van der Waals surface area contributed by atoms with Crippen molar-refractivity contribution in [3.05, 3.63) is 0 Å². The van der Waals surface area contributed by atoms with Crippen LogP contribution in [-0.2, 0) is 14.4 Å². The van der Waals surface area contributed by atoms with E-state index in [2.05, 4.69) is 10.6 Å². The second-order valence-corrected chi connectivity index (χ2v) is 3.53. The van der Waals surface area contributed by atoms with Gasteiger partial charge in [0.1, 0.15) is 0 Å². The van der Waals surface area contributed by atoms with Crippen molar-refractivity contribution in [3.63, 3.8) is 0 Å². The summed E-state index contributed by atoms with van der Waals surface area (Å²) in [5.74, 6) is -0.830. The zero-order chi connectivity index (χ0) is 13.1. The van der Waals surface area contributed by atoms with Crippen LogP contribution in [-0.4, -0.2) is 43.8 Å². The summed E-state index contributed by atoms with van der Waals surface area (Å²) in [6, 6.07) is -0.632. The number of amides is 2. The van der Waals surface area contributed by atoms with Crippen molar-refractivity contribution in [2.45, 2.75) is 25.3 Å². The van der Waals surface area contributed by atoms with E-state index in [9.17, 15) is 14.4 Å². The van der Waals surface area contributed by atoms with Gasteiger partial charge < -0.3 is 22.1 Å². The molecule has 0 aromatic heterocycles. The Kier molecular flexibility index (Phi) is 8.89. The molecule has 7 nitrogen and oxygen atoms in total. The summed E-state index contributed by atoms with van der Waals surface area (Å²) >= 11 is 0. The molecular weight excluding hydrogens is 224 g/mol. The maximum atomic E-state index is 11.4. The Labute approximate surface area is 100 Å². The van der Waals surface area contributed by atoms with Crippen LogP contribution in [0.25, 0.3) is 0 Å². The molecule has 2 amide bonds. The van der Waals surface area contributed by atoms with E-state index in [1.54, 1.807) is 0 Å². The minimum atomic E-state index is -0.632. The number of carbonyl (C=O) groups is 2. The predicted molar refractivity (Wildman–Crippen MR) is 62.6 cm³/mol. The Bertz CT molecular complexity index is 258. The molecule has 7 heteroatoms. The lowest BCUT2D eigenvalue weighted by Gasteiger charge is -2.11. The first-order valence-corrected chi connectivity index (χ1v) is 5.47. The summed E-state index contributed by atoms with van der Waals surface area (Å²) in [6.07, 6.45) is 3.64. The minimum Gasteiger partial charge on any atom is -0.347 e. The van der Waals surface area contributed by atoms with Crippen LogP contribution >= 0.6 is 0 Å². The van der Waals surface area contributed by atoms with Crippen molar-refractivity contribution >= 4 is 18.1 Å². The summed E-state index contributed by atoms with van der Waals surface area (Å²) in [5, 5.41) is 4.63. The highest BCUT2D eigenvalue weighted by Gasteiger charge is 2.13. The lowest BCUT2D eigenvalue weighted by molar-refractivity contribution is -0.126. The highest BCUT2D eigenvalue weighted by molar-refractivity contribution is 5.87. The van der Waals surface area contributed by atoms with Gasteiger partial charge in [0.05, 0.1) is 19.1 Å². The Morgan fingerprint density at radius 1 is 1.24 bits per heavy atom. The Balaban J connectivity index is 3.69. The average Bonchev–Trinajstić information content (AvgIpc) is 2.33. The number of nitrogens with two attached hydrogens (primary N) is 2. The van der Waals surface area contributed by atoms with Gasteiger partial charge in [0.25, 0.3) is 0 Å². The molecule has 0 aromatic carbocycles. The highest BCUT2D eigenvalue weighted by Crippen LogP contribution is 1.97. The lowest BCUT2D eigenvalue weighted by Crippen LogP contribution is -2.45. The number of carbonyl (C=O) groups excluding carboxylic acids is 3. The molecule has 97 valence electrons. The quantitative estimate of drug-likeness (QED) is 0.341. The molecule has 0 heterocycles. The maximum Gasteiger partial charge on any atom is 0.239 e. The van der Waals surface area contributed by atoms with Crippen LogP contribution in [0.3, 0.4) is 0 Å². The smallest absolute Gasteiger partial charge is 0.239 e. The molecule has 0 spiro atoms. The van der Waals surface area contributed by atoms with Crippen molar-refractivity contribution in [2.75, 3.05) is 19.6 Å². The molecule has 0 unspecified atom stereocenters. The van der Waals surface area contributed by atoms with E-state index in [-0.39, 0.29) is 19.0 Å². The molecule has 0 aliphatic heterocycles. The molecule has 1 atom stereocenters. The van der Waals surface area contributed by atoms with Crippen LogP contribution in [0.1, 0.15) is 19.3 Å². The molecule has 0 rings (SSSR count). The molecule has 1 radical (unpaired) electrons. The first-order chi connectivity index (χ1) is 8.11. The van der Waals surface area contributed by atoms with Crippen LogP contribution in [0.15, 0.2) is 0 Å². The van der Waals surface area contributed by atoms with Crippen molar-refractivity contribution in [1.29, 1.82) is 0 Å². The number of unbranched alkanes of at least 4 members (excludes halogenated alkanes) is 1. The average molecular weight is 243 g/mol. The molecule has 17 heavy (non-hydrogen) atoms. The molecule has 0 aliphatic rings. The van der Waals surface area contributed by atoms with Crippen molar-refractivity contribution in [2.24, 2.45) is 11.5 Å². The molecular formula is C10H19N4O3. The third-order valence-corrected chi connectivity index (χ3v) is 2.09. The molecule has 0 aromatic rings. The molecule has 0 bridgehead atoms. The fraction of sp³-hybridized carbons (Fsp3) is 0.700. The minimum absolute atomic E-state index is 0.183. The Morgan fingerprint density at radius 2 is 1.94 bits per heavy atom. The monoisotopic (exact) mass is 243 g/mol. The van der Waals surface area contributed by atoms with Gasteiger partial charge >= 0.3 is 0 Å². The van der Waals surface area contributed by atoms with Gasteiger partial charge in [0.15, 0.2) is 0 Å². The second-order valence-electron chi connectivity index (χ2n) is 3.53. The number of hydrogen-bond donors (Lipinski definition) is 4. The SMILES string of the molecule is NCCCC[C@H](N)C(=O)NCC(=O)NC[C]=O. The number of rotatable bonds is 9. The Morgan fingerprint density at radius 3 is 2.53 bits per heavy atom. The van der Waals surface area contributed by atoms with Crippen LogP contribution in [0.2, 0.25) is 0 Å². The fourth-order valence-electron chi connectivity index (χ4n) is 1.14. The van der Waals surface area contributed by atoms with Gasteiger partial charge in [0.2, 0.25) is 18.1 Å². The van der Waals surface area contributed by atoms with Gasteiger partial charge in [-0.1, -0.05) is 6.42 Å². The standard InChI is InChI=1S/C10H19N4O3/c11-4-2-1-3-8(12)10(17)14-7-9(16)13-5-6-15/h8H,1-5,7,11-12H2,(H,13,16)(H,14,17)/t8-/m0/s1. The van der Waals surface area contributed by atoms with E-state index in [1.807, 2.05) is 0 Å². The topological polar surface area (TPSA) is 127 Å². The van der Waals surface area contributed by atoms with E-state index in [0.717, 1.165) is 12.8 Å². The molecule has 0 saturated carbocycles. The highest BCUT2D eigenvalue weighted by atomic mass is 16.2. The van der Waals surface area contributed by atoms with Crippen LogP contribution < -0.4 is 22.1 Å². The summed E-state index contributed by atoms with van der Waals surface area (Å²) in [7, 11) is 0. The van der Waals surface area contributed by atoms with Crippen molar-refractivity contribution in [3.8, 4) is 0 Å². The second kappa shape index (κ2) is 9.73. The zero-order valence-corrected chi connectivity index (χ0v) is 9.70. The normalized spacial score (nSPS) is 11.6. The van der Waals surface area contributed by atoms with E-state index in [0.29, 0.717) is 13.0 Å². The predicted octanol–water partition coefficient (Wildman–Crippen LogP) is -2.22. The summed E-state index contributed by atoms with van der Waals surface area (Å²) < 4.78 is 0. The third kappa shape index (κ3) is 8.35. The van der Waals surface area contributed by atoms with E-state index < -0.39 is 11.9 Å². The van der Waals surface area contributed by atoms with E-state index in [1.165, 1.54) is 6.29 Å². The van der Waals surface area contributed by atoms with Gasteiger partial charge in [-0.3, -0.25) is 14.4 Å². The summed E-state index contributed by atoms with van der Waals surface area (Å²) in [5.41, 5.74) is 10.9. The molecule has 6 N–H and O–H groups in total. The first kappa shape index (κ1) is 15.5. The zero-order valence-electron chi connectivity index (χ0n) is 9.70. The van der Waals surface area contributed by atoms with Crippen LogP contribution in [0, 0.1) is 0 Å². The largest absolute Gasteiger partial charge is 0.347 e. The summed E-state index contributed by atoms with van der Waals surface area (Å²) in [6.45, 7) is 0.196. The van der Waals surface area contributed by atoms with Gasteiger partial charge in [-0.2, -0.15) is 0 Å².